The van der Waals surface area contributed by atoms with Gasteiger partial charge in [0.1, 0.15) is 24.6 Å². The SMILES string of the molecule is CCOC(=O)CN(C(=O)Cn1nnc(-c2ccc(OC)cc2)n1)[C@@H](C(=O)NC[C@@H]1CCCO1)c1ccco1. The second-order valence-electron chi connectivity index (χ2n) is 8.50. The summed E-state index contributed by atoms with van der Waals surface area (Å²) in [4.78, 5) is 41.5. The van der Waals surface area contributed by atoms with E-state index in [1.165, 1.54) is 6.26 Å². The number of hydrogen-bond donors (Lipinski definition) is 1. The van der Waals surface area contributed by atoms with Crippen LogP contribution in [0.1, 0.15) is 31.6 Å². The van der Waals surface area contributed by atoms with Crippen LogP contribution in [0.2, 0.25) is 0 Å². The minimum Gasteiger partial charge on any atom is -0.497 e. The molecule has 1 N–H and O–H groups in total. The topological polar surface area (TPSA) is 151 Å². The Bertz CT molecular complexity index is 1210. The molecule has 1 aliphatic heterocycles. The van der Waals surface area contributed by atoms with E-state index in [0.29, 0.717) is 23.7 Å². The first-order chi connectivity index (χ1) is 18.5. The molecule has 2 aromatic heterocycles. The summed E-state index contributed by atoms with van der Waals surface area (Å²) in [6.45, 7) is 1.83. The van der Waals surface area contributed by atoms with E-state index in [0.717, 1.165) is 22.5 Å². The molecule has 4 rings (SSSR count). The number of hydrogen-bond acceptors (Lipinski definition) is 10. The first kappa shape index (κ1) is 26.8. The first-order valence-corrected chi connectivity index (χ1v) is 12.3. The Balaban J connectivity index is 1.54. The number of benzene rings is 1. The van der Waals surface area contributed by atoms with Crippen molar-refractivity contribution in [3.05, 3.63) is 48.4 Å². The number of nitrogens with one attached hydrogen (secondary N) is 1. The lowest BCUT2D eigenvalue weighted by atomic mass is 10.1. The highest BCUT2D eigenvalue weighted by Crippen LogP contribution is 2.23. The van der Waals surface area contributed by atoms with Gasteiger partial charge in [-0.3, -0.25) is 14.4 Å². The fourth-order valence-corrected chi connectivity index (χ4v) is 4.03. The highest BCUT2D eigenvalue weighted by Gasteiger charge is 2.36. The lowest BCUT2D eigenvalue weighted by Crippen LogP contribution is -2.48. The number of amides is 2. The highest BCUT2D eigenvalue weighted by atomic mass is 16.5. The predicted octanol–water partition coefficient (Wildman–Crippen LogP) is 1.37. The molecular weight excluding hydrogens is 496 g/mol. The predicted molar refractivity (Wildman–Crippen MR) is 132 cm³/mol. The number of methoxy groups -OCH3 is 1. The highest BCUT2D eigenvalue weighted by molar-refractivity contribution is 5.90. The van der Waals surface area contributed by atoms with Gasteiger partial charge in [-0.2, -0.15) is 4.80 Å². The number of esters is 1. The van der Waals surface area contributed by atoms with Crippen molar-refractivity contribution >= 4 is 17.8 Å². The Morgan fingerprint density at radius 2 is 2.05 bits per heavy atom. The van der Waals surface area contributed by atoms with Crippen LogP contribution in [0, 0.1) is 0 Å². The van der Waals surface area contributed by atoms with Gasteiger partial charge in [-0.1, -0.05) is 0 Å². The van der Waals surface area contributed by atoms with Crippen molar-refractivity contribution in [2.24, 2.45) is 0 Å². The van der Waals surface area contributed by atoms with Gasteiger partial charge in [-0.15, -0.1) is 10.2 Å². The summed E-state index contributed by atoms with van der Waals surface area (Å²) in [5, 5.41) is 15.1. The van der Waals surface area contributed by atoms with Crippen molar-refractivity contribution in [2.45, 2.75) is 38.5 Å². The summed E-state index contributed by atoms with van der Waals surface area (Å²) in [6.07, 6.45) is 3.02. The zero-order chi connectivity index (χ0) is 26.9. The molecule has 0 bridgehead atoms. The van der Waals surface area contributed by atoms with E-state index in [2.05, 4.69) is 20.7 Å². The number of furan rings is 1. The maximum atomic E-state index is 13.5. The molecule has 2 amide bonds. The first-order valence-electron chi connectivity index (χ1n) is 12.3. The van der Waals surface area contributed by atoms with Gasteiger partial charge in [0, 0.05) is 18.7 Å². The molecule has 202 valence electrons. The lowest BCUT2D eigenvalue weighted by molar-refractivity contribution is -0.153. The third-order valence-corrected chi connectivity index (χ3v) is 5.90. The maximum Gasteiger partial charge on any atom is 0.325 e. The van der Waals surface area contributed by atoms with E-state index in [1.807, 2.05) is 0 Å². The molecule has 3 heterocycles. The fourth-order valence-electron chi connectivity index (χ4n) is 4.03. The van der Waals surface area contributed by atoms with Crippen LogP contribution in [0.3, 0.4) is 0 Å². The molecule has 1 aromatic carbocycles. The molecule has 38 heavy (non-hydrogen) atoms. The molecule has 0 unspecified atom stereocenters. The van der Waals surface area contributed by atoms with Crippen molar-refractivity contribution in [1.29, 1.82) is 0 Å². The Kier molecular flexibility index (Phi) is 9.03. The molecule has 0 spiro atoms. The van der Waals surface area contributed by atoms with Gasteiger partial charge in [0.2, 0.25) is 11.7 Å². The van der Waals surface area contributed by atoms with Gasteiger partial charge < -0.3 is 28.8 Å². The van der Waals surface area contributed by atoms with Crippen LogP contribution in [0.15, 0.2) is 47.1 Å². The molecule has 1 fully saturated rings. The molecule has 0 saturated carbocycles. The van der Waals surface area contributed by atoms with Crippen LogP contribution >= 0.6 is 0 Å². The molecule has 0 aliphatic carbocycles. The van der Waals surface area contributed by atoms with Gasteiger partial charge in [0.15, 0.2) is 6.04 Å². The summed E-state index contributed by atoms with van der Waals surface area (Å²) in [5.74, 6) is -0.626. The van der Waals surface area contributed by atoms with Gasteiger partial charge in [-0.25, -0.2) is 0 Å². The van der Waals surface area contributed by atoms with Gasteiger partial charge >= 0.3 is 5.97 Å². The number of rotatable bonds is 12. The van der Waals surface area contributed by atoms with Crippen LogP contribution in [-0.2, 0) is 30.4 Å². The van der Waals surface area contributed by atoms with Crippen molar-refractivity contribution in [1.82, 2.24) is 30.4 Å². The van der Waals surface area contributed by atoms with Crippen LogP contribution < -0.4 is 10.1 Å². The molecule has 2 atom stereocenters. The number of carbonyl (C=O) groups excluding carboxylic acids is 3. The summed E-state index contributed by atoms with van der Waals surface area (Å²) in [7, 11) is 1.57. The van der Waals surface area contributed by atoms with Gasteiger partial charge in [-0.05, 0) is 61.4 Å². The minimum atomic E-state index is -1.23. The standard InChI is InChI=1S/C25H30N6O7/c1-3-36-22(33)16-30(23(20-7-5-13-38-20)25(34)26-14-19-6-4-12-37-19)21(32)15-31-28-24(27-29-31)17-8-10-18(35-2)11-9-17/h5,7-11,13,19,23H,3-4,6,12,14-16H2,1-2H3,(H,26,34)/t19-,23+/m0/s1. The fraction of sp³-hybridized carbons (Fsp3) is 0.440. The van der Waals surface area contributed by atoms with E-state index in [1.54, 1.807) is 50.4 Å². The van der Waals surface area contributed by atoms with Crippen LogP contribution in [-0.4, -0.2) is 82.4 Å². The van der Waals surface area contributed by atoms with E-state index in [4.69, 9.17) is 18.6 Å². The molecular formula is C25H30N6O7. The summed E-state index contributed by atoms with van der Waals surface area (Å²) in [6, 6.07) is 8.98. The monoisotopic (exact) mass is 526 g/mol. The average Bonchev–Trinajstić information content (AvgIpc) is 3.71. The number of aromatic nitrogens is 4. The Labute approximate surface area is 219 Å². The quantitative estimate of drug-likeness (QED) is 0.343. The van der Waals surface area contributed by atoms with Crippen LogP contribution in [0.25, 0.3) is 11.4 Å². The normalized spacial score (nSPS) is 15.6. The molecule has 1 saturated heterocycles. The third-order valence-electron chi connectivity index (χ3n) is 5.90. The molecule has 0 radical (unpaired) electrons. The largest absolute Gasteiger partial charge is 0.497 e. The molecule has 13 heteroatoms. The van der Waals surface area contributed by atoms with Crippen molar-refractivity contribution in [3.63, 3.8) is 0 Å². The summed E-state index contributed by atoms with van der Waals surface area (Å²) >= 11 is 0. The number of nitrogens with zero attached hydrogens (tertiary/aromatic N) is 5. The van der Waals surface area contributed by atoms with Crippen molar-refractivity contribution in [2.75, 3.05) is 33.4 Å². The van der Waals surface area contributed by atoms with E-state index in [-0.39, 0.29) is 31.6 Å². The van der Waals surface area contributed by atoms with E-state index < -0.39 is 30.4 Å². The van der Waals surface area contributed by atoms with Crippen molar-refractivity contribution < 1.29 is 33.0 Å². The zero-order valence-electron chi connectivity index (χ0n) is 21.2. The number of tetrazole rings is 1. The molecule has 1 aliphatic rings. The molecule has 3 aromatic rings. The minimum absolute atomic E-state index is 0.110. The van der Waals surface area contributed by atoms with Crippen LogP contribution in [0.4, 0.5) is 0 Å². The third kappa shape index (κ3) is 6.73. The zero-order valence-corrected chi connectivity index (χ0v) is 21.2. The van der Waals surface area contributed by atoms with Crippen molar-refractivity contribution in [3.8, 4) is 17.1 Å². The maximum absolute atomic E-state index is 13.5. The van der Waals surface area contributed by atoms with E-state index in [9.17, 15) is 14.4 Å². The number of carbonyl (C=O) groups is 3. The average molecular weight is 527 g/mol. The van der Waals surface area contributed by atoms with Gasteiger partial charge in [0.05, 0.1) is 26.1 Å². The Hall–Kier alpha value is -4.26. The smallest absolute Gasteiger partial charge is 0.325 e. The summed E-state index contributed by atoms with van der Waals surface area (Å²) in [5.41, 5.74) is 0.676. The van der Waals surface area contributed by atoms with E-state index >= 15 is 0 Å². The lowest BCUT2D eigenvalue weighted by Gasteiger charge is -2.29. The summed E-state index contributed by atoms with van der Waals surface area (Å²) < 4.78 is 21.3. The Morgan fingerprint density at radius 3 is 2.71 bits per heavy atom. The van der Waals surface area contributed by atoms with Gasteiger partial charge in [0.25, 0.3) is 5.91 Å². The van der Waals surface area contributed by atoms with Crippen LogP contribution in [0.5, 0.6) is 5.75 Å². The second-order valence-corrected chi connectivity index (χ2v) is 8.50. The number of ether oxygens (including phenoxy) is 3. The Morgan fingerprint density at radius 1 is 1.24 bits per heavy atom. The molecule has 13 nitrogen and oxygen atoms in total. The second kappa shape index (κ2) is 12.8.